The lowest BCUT2D eigenvalue weighted by molar-refractivity contribution is 0.0948. The van der Waals surface area contributed by atoms with Crippen molar-refractivity contribution in [3.05, 3.63) is 46.8 Å². The van der Waals surface area contributed by atoms with Crippen LogP contribution in [0.25, 0.3) is 5.69 Å². The van der Waals surface area contributed by atoms with Crippen molar-refractivity contribution >= 4 is 16.7 Å². The van der Waals surface area contributed by atoms with Crippen molar-refractivity contribution in [1.29, 1.82) is 0 Å². The Bertz CT molecular complexity index is 747. The van der Waals surface area contributed by atoms with E-state index in [-0.39, 0.29) is 11.2 Å². The fraction of sp³-hybridized carbons (Fsp3) is 0.444. The molecule has 0 fully saturated rings. The summed E-state index contributed by atoms with van der Waals surface area (Å²) in [6.45, 7) is 8.43. The van der Waals surface area contributed by atoms with Gasteiger partial charge in [0, 0.05) is 34.5 Å². The van der Waals surface area contributed by atoms with Crippen molar-refractivity contribution in [3.8, 4) is 5.69 Å². The third-order valence-electron chi connectivity index (χ3n) is 3.97. The number of carbonyl (C=O) groups is 1. The second-order valence-electron chi connectivity index (χ2n) is 6.28. The zero-order chi connectivity index (χ0) is 17.9. The van der Waals surface area contributed by atoms with Gasteiger partial charge in [0.15, 0.2) is 5.69 Å². The normalized spacial score (nSPS) is 13.5. The molecule has 1 aromatic carbocycles. The van der Waals surface area contributed by atoms with Gasteiger partial charge in [0.25, 0.3) is 5.91 Å². The number of amides is 1. The molecule has 130 valence electrons. The van der Waals surface area contributed by atoms with E-state index in [1.54, 1.807) is 17.0 Å². The predicted molar refractivity (Wildman–Crippen MR) is 98.3 cm³/mol. The molecule has 0 radical (unpaired) electrons. The molecule has 5 nitrogen and oxygen atoms in total. The average Bonchev–Trinajstić information content (AvgIpc) is 2.88. The van der Waals surface area contributed by atoms with Gasteiger partial charge in [-0.15, -0.1) is 0 Å². The van der Waals surface area contributed by atoms with Crippen molar-refractivity contribution in [1.82, 2.24) is 15.1 Å². The first kappa shape index (κ1) is 18.4. The SMILES string of the molecule is Cc1cc(C)cc(-n2nc(C(=O)NCC[C@H](C)[S@@](C)=O)cc2C)c1. The molecule has 0 aliphatic heterocycles. The van der Waals surface area contributed by atoms with Gasteiger partial charge >= 0.3 is 0 Å². The molecule has 1 N–H and O–H groups in total. The zero-order valence-corrected chi connectivity index (χ0v) is 15.7. The second kappa shape index (κ2) is 7.75. The summed E-state index contributed by atoms with van der Waals surface area (Å²) < 4.78 is 13.1. The molecule has 2 aromatic rings. The molecule has 0 saturated heterocycles. The Morgan fingerprint density at radius 3 is 2.42 bits per heavy atom. The summed E-state index contributed by atoms with van der Waals surface area (Å²) >= 11 is 0. The first-order chi connectivity index (χ1) is 11.3. The minimum Gasteiger partial charge on any atom is -0.351 e. The molecule has 2 rings (SSSR count). The Balaban J connectivity index is 2.10. The average molecular weight is 347 g/mol. The van der Waals surface area contributed by atoms with Crippen molar-refractivity contribution < 1.29 is 9.00 Å². The van der Waals surface area contributed by atoms with E-state index in [2.05, 4.69) is 16.5 Å². The van der Waals surface area contributed by atoms with Crippen LogP contribution in [0.15, 0.2) is 24.3 Å². The number of rotatable bonds is 6. The van der Waals surface area contributed by atoms with E-state index in [1.165, 1.54) is 0 Å². The summed E-state index contributed by atoms with van der Waals surface area (Å²) in [5.41, 5.74) is 4.59. The Hall–Kier alpha value is -1.95. The third kappa shape index (κ3) is 4.54. The van der Waals surface area contributed by atoms with E-state index in [0.717, 1.165) is 22.5 Å². The van der Waals surface area contributed by atoms with Crippen LogP contribution in [0.2, 0.25) is 0 Å². The molecule has 0 bridgehead atoms. The monoisotopic (exact) mass is 347 g/mol. The number of hydrogen-bond donors (Lipinski definition) is 1. The molecule has 2 atom stereocenters. The third-order valence-corrected chi connectivity index (χ3v) is 5.34. The van der Waals surface area contributed by atoms with Crippen molar-refractivity contribution in [3.63, 3.8) is 0 Å². The minimum atomic E-state index is -0.870. The Morgan fingerprint density at radius 1 is 1.21 bits per heavy atom. The Kier molecular flexibility index (Phi) is 5.94. The van der Waals surface area contributed by atoms with E-state index < -0.39 is 10.8 Å². The van der Waals surface area contributed by atoms with Gasteiger partial charge in [-0.3, -0.25) is 9.00 Å². The quantitative estimate of drug-likeness (QED) is 0.874. The van der Waals surface area contributed by atoms with Crippen LogP contribution in [0.5, 0.6) is 0 Å². The lowest BCUT2D eigenvalue weighted by atomic mass is 10.1. The summed E-state index contributed by atoms with van der Waals surface area (Å²) in [4.78, 5) is 12.3. The fourth-order valence-corrected chi connectivity index (χ4v) is 3.01. The summed E-state index contributed by atoms with van der Waals surface area (Å²) in [7, 11) is -0.870. The number of aromatic nitrogens is 2. The highest BCUT2D eigenvalue weighted by Crippen LogP contribution is 2.16. The van der Waals surface area contributed by atoms with Gasteiger partial charge in [0.2, 0.25) is 0 Å². The minimum absolute atomic E-state index is 0.0693. The fourth-order valence-electron chi connectivity index (χ4n) is 2.57. The predicted octanol–water partition coefficient (Wildman–Crippen LogP) is 2.68. The van der Waals surface area contributed by atoms with Crippen LogP contribution in [0.4, 0.5) is 0 Å². The van der Waals surface area contributed by atoms with E-state index in [1.807, 2.05) is 39.8 Å². The number of nitrogens with zero attached hydrogens (tertiary/aromatic N) is 2. The maximum absolute atomic E-state index is 12.3. The highest BCUT2D eigenvalue weighted by Gasteiger charge is 2.14. The van der Waals surface area contributed by atoms with Crippen LogP contribution in [0, 0.1) is 20.8 Å². The van der Waals surface area contributed by atoms with Gasteiger partial charge < -0.3 is 5.32 Å². The van der Waals surface area contributed by atoms with E-state index in [4.69, 9.17) is 0 Å². The highest BCUT2D eigenvalue weighted by atomic mass is 32.2. The zero-order valence-electron chi connectivity index (χ0n) is 14.9. The number of aryl methyl sites for hydroxylation is 3. The van der Waals surface area contributed by atoms with E-state index in [0.29, 0.717) is 18.7 Å². The molecule has 1 aromatic heterocycles. The van der Waals surface area contributed by atoms with Gasteiger partial charge in [0.1, 0.15) is 0 Å². The second-order valence-corrected chi connectivity index (χ2v) is 8.08. The molecule has 6 heteroatoms. The Morgan fingerprint density at radius 2 is 1.83 bits per heavy atom. The summed E-state index contributed by atoms with van der Waals surface area (Å²) in [5.74, 6) is -0.199. The van der Waals surface area contributed by atoms with Crippen LogP contribution in [0.3, 0.4) is 0 Å². The molecule has 0 unspecified atom stereocenters. The van der Waals surface area contributed by atoms with Crippen LogP contribution in [-0.2, 0) is 10.8 Å². The van der Waals surface area contributed by atoms with Crippen molar-refractivity contribution in [2.75, 3.05) is 12.8 Å². The summed E-state index contributed by atoms with van der Waals surface area (Å²) in [6, 6.07) is 7.99. The molecule has 24 heavy (non-hydrogen) atoms. The summed E-state index contributed by atoms with van der Waals surface area (Å²) in [6.07, 6.45) is 2.37. The van der Waals surface area contributed by atoms with Gasteiger partial charge in [-0.2, -0.15) is 5.10 Å². The maximum Gasteiger partial charge on any atom is 0.271 e. The molecular weight excluding hydrogens is 322 g/mol. The molecule has 0 aliphatic rings. The number of nitrogens with one attached hydrogen (secondary N) is 1. The molecule has 1 amide bonds. The van der Waals surface area contributed by atoms with Gasteiger partial charge in [-0.05, 0) is 56.5 Å². The topological polar surface area (TPSA) is 64.0 Å². The van der Waals surface area contributed by atoms with Gasteiger partial charge in [0.05, 0.1) is 5.69 Å². The van der Waals surface area contributed by atoms with E-state index >= 15 is 0 Å². The molecule has 1 heterocycles. The van der Waals surface area contributed by atoms with Crippen LogP contribution < -0.4 is 5.32 Å². The molecular formula is C18H25N3O2S. The number of carbonyl (C=O) groups excluding carboxylic acids is 1. The molecule has 0 spiro atoms. The first-order valence-corrected chi connectivity index (χ1v) is 9.66. The van der Waals surface area contributed by atoms with Crippen molar-refractivity contribution in [2.24, 2.45) is 0 Å². The first-order valence-electron chi connectivity index (χ1n) is 8.03. The number of benzene rings is 1. The van der Waals surface area contributed by atoms with Crippen molar-refractivity contribution in [2.45, 2.75) is 39.4 Å². The number of hydrogen-bond acceptors (Lipinski definition) is 3. The standard InChI is InChI=1S/C18H25N3O2S/c1-12-8-13(2)10-16(9-12)21-14(3)11-17(20-21)18(22)19-7-6-15(4)24(5)23/h8-11,15H,6-7H2,1-5H3,(H,19,22)/t15-,24+/m0/s1. The van der Waals surface area contributed by atoms with Crippen LogP contribution >= 0.6 is 0 Å². The van der Waals surface area contributed by atoms with Gasteiger partial charge in [-0.1, -0.05) is 13.0 Å². The lowest BCUT2D eigenvalue weighted by Gasteiger charge is -2.08. The van der Waals surface area contributed by atoms with Crippen LogP contribution in [0.1, 0.15) is 40.7 Å². The molecule has 0 saturated carbocycles. The summed E-state index contributed by atoms with van der Waals surface area (Å²) in [5, 5.41) is 7.36. The van der Waals surface area contributed by atoms with Gasteiger partial charge in [-0.25, -0.2) is 4.68 Å². The largest absolute Gasteiger partial charge is 0.351 e. The molecule has 0 aliphatic carbocycles. The highest BCUT2D eigenvalue weighted by molar-refractivity contribution is 7.84. The smallest absolute Gasteiger partial charge is 0.271 e. The maximum atomic E-state index is 12.3. The van der Waals surface area contributed by atoms with E-state index in [9.17, 15) is 9.00 Å². The van der Waals surface area contributed by atoms with Crippen LogP contribution in [-0.4, -0.2) is 37.9 Å². The lowest BCUT2D eigenvalue weighted by Crippen LogP contribution is -2.27. The Labute approximate surface area is 145 Å².